The van der Waals surface area contributed by atoms with Crippen molar-refractivity contribution in [1.29, 1.82) is 0 Å². The molecule has 1 fully saturated rings. The second-order valence-electron chi connectivity index (χ2n) is 15.4. The zero-order valence-electron chi connectivity index (χ0n) is 33.6. The van der Waals surface area contributed by atoms with Crippen molar-refractivity contribution < 1.29 is 28.8 Å². The number of likely N-dealkylation sites (tertiary alicyclic amines) is 1. The molecule has 6 rings (SSSR count). The van der Waals surface area contributed by atoms with Crippen molar-refractivity contribution in [1.82, 2.24) is 36.1 Å². The van der Waals surface area contributed by atoms with Crippen molar-refractivity contribution >= 4 is 57.2 Å². The average molecular weight is 819 g/mol. The quantitative estimate of drug-likeness (QED) is 0.0514. The average Bonchev–Trinajstić information content (AvgIpc) is 3.95. The number of H-pyrrole nitrogens is 2. The third-order valence-electron chi connectivity index (χ3n) is 11.1. The monoisotopic (exact) mass is 818 g/mol. The lowest BCUT2D eigenvalue weighted by molar-refractivity contribution is -0.139. The van der Waals surface area contributed by atoms with Crippen molar-refractivity contribution in [3.05, 3.63) is 108 Å². The van der Waals surface area contributed by atoms with E-state index < -0.39 is 65.8 Å². The number of unbranched alkanes of at least 4 members (excludes halogenated alkanes) is 1. The Balaban J connectivity index is 1.23. The molecule has 60 heavy (non-hydrogen) atoms. The molecule has 0 bridgehead atoms. The van der Waals surface area contributed by atoms with Gasteiger partial charge in [0.25, 0.3) is 0 Å². The van der Waals surface area contributed by atoms with Crippen LogP contribution in [-0.2, 0) is 48.0 Å². The van der Waals surface area contributed by atoms with Gasteiger partial charge in [0.2, 0.25) is 35.4 Å². The number of amides is 6. The highest BCUT2D eigenvalue weighted by Gasteiger charge is 2.39. The fourth-order valence-electron chi connectivity index (χ4n) is 7.67. The van der Waals surface area contributed by atoms with E-state index in [0.717, 1.165) is 38.5 Å². The fourth-order valence-corrected chi connectivity index (χ4v) is 7.67. The third kappa shape index (κ3) is 10.6. The van der Waals surface area contributed by atoms with Crippen LogP contribution in [-0.4, -0.2) is 99.7 Å². The number of aromatic amines is 2. The van der Waals surface area contributed by atoms with Gasteiger partial charge in [-0.05, 0) is 68.0 Å². The lowest BCUT2D eigenvalue weighted by atomic mass is 10.0. The van der Waals surface area contributed by atoms with Gasteiger partial charge < -0.3 is 53.3 Å². The van der Waals surface area contributed by atoms with Crippen molar-refractivity contribution in [2.45, 2.75) is 88.1 Å². The SMILES string of the molecule is C[C@H](NC(=O)[C@@H](Cc1c[nH]c2ccccc12)N1CC[C@@H](N)C1=O)C(=O)N[C@@H](Cc1c[nH]c2ccccc12)C(=O)N[C@H](Cc1ccccc1)C(=O)N[C@@H](CCCCN)C(N)=O. The number of fused-ring (bicyclic) bond motifs is 2. The van der Waals surface area contributed by atoms with Gasteiger partial charge in [0.1, 0.15) is 30.2 Å². The van der Waals surface area contributed by atoms with Crippen molar-refractivity contribution in [2.75, 3.05) is 13.1 Å². The number of nitrogens with zero attached hydrogens (tertiary/aromatic N) is 1. The van der Waals surface area contributed by atoms with E-state index in [-0.39, 0.29) is 38.1 Å². The molecule has 1 saturated heterocycles. The molecule has 1 aliphatic rings. The molecule has 6 atom stereocenters. The summed E-state index contributed by atoms with van der Waals surface area (Å²) in [6.07, 6.45) is 5.67. The summed E-state index contributed by atoms with van der Waals surface area (Å²) >= 11 is 0. The standard InChI is InChI=1S/C44H54N10O6/c1-26(50-43(59)38(54-20-18-32(46)44(54)60)23-29-25-49-34-16-8-6-14-31(29)34)40(56)52-37(22-28-24-48-33-15-7-5-13-30(28)33)42(58)53-36(21-27-11-3-2-4-12-27)41(57)51-35(39(47)55)17-9-10-19-45/h2-8,11-16,24-26,32,35-38,48-49H,9-10,17-23,45-46H2,1H3,(H2,47,55)(H,50,59)(H,51,57)(H,52,56)(H,53,58)/t26-,32+,35-,36+,37-,38+/m0/s1. The van der Waals surface area contributed by atoms with Gasteiger partial charge in [0.05, 0.1) is 6.04 Å². The van der Waals surface area contributed by atoms with Crippen LogP contribution >= 0.6 is 0 Å². The number of primary amides is 1. The fraction of sp³-hybridized carbons (Fsp3) is 0.364. The largest absolute Gasteiger partial charge is 0.368 e. The highest BCUT2D eigenvalue weighted by molar-refractivity contribution is 5.97. The summed E-state index contributed by atoms with van der Waals surface area (Å²) in [5, 5.41) is 12.9. The lowest BCUT2D eigenvalue weighted by Crippen LogP contribution is -2.59. The van der Waals surface area contributed by atoms with Crippen LogP contribution < -0.4 is 38.5 Å². The van der Waals surface area contributed by atoms with Crippen LogP contribution in [0.15, 0.2) is 91.3 Å². The zero-order chi connectivity index (χ0) is 42.8. The Kier molecular flexibility index (Phi) is 14.3. The Hall–Kier alpha value is -6.52. The van der Waals surface area contributed by atoms with Gasteiger partial charge in [-0.25, -0.2) is 0 Å². The first-order chi connectivity index (χ1) is 28.9. The van der Waals surface area contributed by atoms with Crippen LogP contribution in [0.2, 0.25) is 0 Å². The van der Waals surface area contributed by atoms with Crippen LogP contribution in [0.5, 0.6) is 0 Å². The van der Waals surface area contributed by atoms with Crippen molar-refractivity contribution in [3.63, 3.8) is 0 Å². The Morgan fingerprint density at radius 1 is 0.700 bits per heavy atom. The topological polar surface area (TPSA) is 263 Å². The number of nitrogens with two attached hydrogens (primary N) is 3. The van der Waals surface area contributed by atoms with E-state index in [1.807, 2.05) is 66.7 Å². The maximum Gasteiger partial charge on any atom is 0.243 e. The van der Waals surface area contributed by atoms with Gasteiger partial charge in [0, 0.05) is 60.0 Å². The molecule has 6 amide bonds. The Morgan fingerprint density at radius 3 is 1.83 bits per heavy atom. The molecule has 5 aromatic rings. The first-order valence-electron chi connectivity index (χ1n) is 20.3. The van der Waals surface area contributed by atoms with Crippen molar-refractivity contribution in [3.8, 4) is 0 Å². The van der Waals surface area contributed by atoms with E-state index in [1.165, 1.54) is 11.8 Å². The zero-order valence-corrected chi connectivity index (χ0v) is 33.6. The minimum Gasteiger partial charge on any atom is -0.368 e. The molecule has 0 saturated carbocycles. The number of hydrogen-bond acceptors (Lipinski definition) is 8. The molecular weight excluding hydrogens is 765 g/mol. The second-order valence-corrected chi connectivity index (χ2v) is 15.4. The second kappa shape index (κ2) is 20.0. The van der Waals surface area contributed by atoms with Crippen LogP contribution in [0.25, 0.3) is 21.8 Å². The molecule has 3 heterocycles. The molecule has 2 aromatic heterocycles. The maximum atomic E-state index is 14.4. The molecule has 1 aliphatic heterocycles. The highest BCUT2D eigenvalue weighted by atomic mass is 16.2. The molecule has 316 valence electrons. The molecule has 16 nitrogen and oxygen atoms in total. The number of carbonyl (C=O) groups is 6. The maximum absolute atomic E-state index is 14.4. The lowest BCUT2D eigenvalue weighted by Gasteiger charge is -2.29. The number of nitrogens with one attached hydrogen (secondary N) is 6. The van der Waals surface area contributed by atoms with E-state index in [9.17, 15) is 28.8 Å². The molecule has 0 spiro atoms. The normalized spacial score (nSPS) is 16.5. The third-order valence-corrected chi connectivity index (χ3v) is 11.1. The number of rotatable bonds is 20. The van der Waals surface area contributed by atoms with Gasteiger partial charge in [-0.1, -0.05) is 66.7 Å². The summed E-state index contributed by atoms with van der Waals surface area (Å²) in [4.78, 5) is 89.7. The predicted molar refractivity (Wildman–Crippen MR) is 228 cm³/mol. The van der Waals surface area contributed by atoms with Gasteiger partial charge >= 0.3 is 0 Å². The Labute approximate surface area is 347 Å². The van der Waals surface area contributed by atoms with E-state index in [0.29, 0.717) is 25.8 Å². The number of carbonyl (C=O) groups excluding carboxylic acids is 6. The van der Waals surface area contributed by atoms with Gasteiger partial charge in [-0.3, -0.25) is 28.8 Å². The molecule has 3 aromatic carbocycles. The van der Waals surface area contributed by atoms with E-state index in [4.69, 9.17) is 17.2 Å². The molecule has 0 unspecified atom stereocenters. The van der Waals surface area contributed by atoms with Crippen molar-refractivity contribution in [2.24, 2.45) is 17.2 Å². The summed E-state index contributed by atoms with van der Waals surface area (Å²) in [7, 11) is 0. The van der Waals surface area contributed by atoms with Gasteiger partial charge in [-0.2, -0.15) is 0 Å². The van der Waals surface area contributed by atoms with E-state index in [2.05, 4.69) is 31.2 Å². The van der Waals surface area contributed by atoms with Gasteiger partial charge in [0.15, 0.2) is 0 Å². The minimum atomic E-state index is -1.22. The summed E-state index contributed by atoms with van der Waals surface area (Å²) in [5.74, 6) is -3.59. The van der Waals surface area contributed by atoms with Crippen LogP contribution in [0, 0.1) is 0 Å². The summed E-state index contributed by atoms with van der Waals surface area (Å²) in [6.45, 7) is 2.18. The Bertz CT molecular complexity index is 2310. The smallest absolute Gasteiger partial charge is 0.243 e. The molecule has 12 N–H and O–H groups in total. The van der Waals surface area contributed by atoms with Gasteiger partial charge in [-0.15, -0.1) is 0 Å². The molecule has 0 aliphatic carbocycles. The number of benzene rings is 3. The first-order valence-corrected chi connectivity index (χ1v) is 20.3. The summed E-state index contributed by atoms with van der Waals surface area (Å²) in [6, 6.07) is 18.0. The van der Waals surface area contributed by atoms with E-state index >= 15 is 0 Å². The summed E-state index contributed by atoms with van der Waals surface area (Å²) < 4.78 is 0. The number of aromatic nitrogens is 2. The minimum absolute atomic E-state index is 0.0221. The van der Waals surface area contributed by atoms with Crippen LogP contribution in [0.4, 0.5) is 0 Å². The Morgan fingerprint density at radius 2 is 1.25 bits per heavy atom. The number of hydrogen-bond donors (Lipinski definition) is 9. The van der Waals surface area contributed by atoms with E-state index in [1.54, 1.807) is 24.5 Å². The predicted octanol–water partition coefficient (Wildman–Crippen LogP) is 1.18. The first kappa shape index (κ1) is 43.1. The molecule has 16 heteroatoms. The summed E-state index contributed by atoms with van der Waals surface area (Å²) in [5.41, 5.74) is 21.3. The number of para-hydroxylation sites is 2. The highest BCUT2D eigenvalue weighted by Crippen LogP contribution is 2.24. The molecular formula is C44H54N10O6. The van der Waals surface area contributed by atoms with Crippen LogP contribution in [0.3, 0.4) is 0 Å². The van der Waals surface area contributed by atoms with Crippen LogP contribution in [0.1, 0.15) is 49.3 Å². The molecule has 0 radical (unpaired) electrons.